The van der Waals surface area contributed by atoms with Crippen LogP contribution < -0.4 is 10.2 Å². The fourth-order valence-electron chi connectivity index (χ4n) is 2.23. The Balaban J connectivity index is 1.50. The first-order valence-electron chi connectivity index (χ1n) is 6.70. The van der Waals surface area contributed by atoms with Crippen molar-refractivity contribution in [3.63, 3.8) is 0 Å². The van der Waals surface area contributed by atoms with Crippen LogP contribution in [0.3, 0.4) is 0 Å². The summed E-state index contributed by atoms with van der Waals surface area (Å²) in [6.07, 6.45) is 8.52. The predicted octanol–water partition coefficient (Wildman–Crippen LogP) is 2.16. The molecule has 0 radical (unpaired) electrons. The highest BCUT2D eigenvalue weighted by Gasteiger charge is 2.22. The molecule has 17 heavy (non-hydrogen) atoms. The molecule has 2 aliphatic rings. The number of aromatic nitrogens is 1. The molecular weight excluding hydrogens is 214 g/mol. The van der Waals surface area contributed by atoms with E-state index in [4.69, 9.17) is 4.42 Å². The van der Waals surface area contributed by atoms with Crippen LogP contribution >= 0.6 is 0 Å². The largest absolute Gasteiger partial charge is 0.432 e. The van der Waals surface area contributed by atoms with Gasteiger partial charge in [0.15, 0.2) is 0 Å². The Bertz CT molecular complexity index is 368. The zero-order valence-corrected chi connectivity index (χ0v) is 10.5. The lowest BCUT2D eigenvalue weighted by molar-refractivity contribution is 0.316. The van der Waals surface area contributed by atoms with Crippen molar-refractivity contribution in [2.45, 2.75) is 44.7 Å². The van der Waals surface area contributed by atoms with Gasteiger partial charge in [-0.25, -0.2) is 0 Å². The van der Waals surface area contributed by atoms with Gasteiger partial charge in [0.2, 0.25) is 0 Å². The molecule has 0 unspecified atom stereocenters. The van der Waals surface area contributed by atoms with Crippen molar-refractivity contribution in [3.05, 3.63) is 12.0 Å². The van der Waals surface area contributed by atoms with Crippen LogP contribution in [0.4, 0.5) is 6.01 Å². The van der Waals surface area contributed by atoms with Crippen LogP contribution in [0, 0.1) is 5.92 Å². The van der Waals surface area contributed by atoms with Crippen LogP contribution in [0.2, 0.25) is 0 Å². The van der Waals surface area contributed by atoms with Crippen molar-refractivity contribution in [3.8, 4) is 0 Å². The van der Waals surface area contributed by atoms with Gasteiger partial charge >= 0.3 is 0 Å². The molecular formula is C13H21N3O. The maximum absolute atomic E-state index is 5.52. The van der Waals surface area contributed by atoms with Gasteiger partial charge in [-0.1, -0.05) is 6.42 Å². The van der Waals surface area contributed by atoms with E-state index in [2.05, 4.69) is 22.2 Å². The van der Waals surface area contributed by atoms with E-state index in [1.165, 1.54) is 32.1 Å². The summed E-state index contributed by atoms with van der Waals surface area (Å²) < 4.78 is 5.52. The Kier molecular flexibility index (Phi) is 3.05. The fourth-order valence-corrected chi connectivity index (χ4v) is 2.23. The van der Waals surface area contributed by atoms with E-state index in [9.17, 15) is 0 Å². The average Bonchev–Trinajstić information content (AvgIpc) is 2.98. The van der Waals surface area contributed by atoms with Gasteiger partial charge in [-0.3, -0.25) is 0 Å². The van der Waals surface area contributed by atoms with Gasteiger partial charge in [0.05, 0.1) is 5.69 Å². The van der Waals surface area contributed by atoms with E-state index in [1.54, 1.807) is 6.26 Å². The average molecular weight is 235 g/mol. The second kappa shape index (κ2) is 4.69. The first kappa shape index (κ1) is 11.1. The molecule has 3 rings (SSSR count). The molecule has 1 N–H and O–H groups in total. The van der Waals surface area contributed by atoms with Gasteiger partial charge in [-0.15, -0.1) is 0 Å². The Morgan fingerprint density at radius 1 is 1.41 bits per heavy atom. The molecule has 0 bridgehead atoms. The second-order valence-corrected chi connectivity index (χ2v) is 5.45. The van der Waals surface area contributed by atoms with E-state index in [0.29, 0.717) is 0 Å². The van der Waals surface area contributed by atoms with Gasteiger partial charge in [-0.05, 0) is 31.6 Å². The molecule has 0 aromatic carbocycles. The van der Waals surface area contributed by atoms with E-state index >= 15 is 0 Å². The summed E-state index contributed by atoms with van der Waals surface area (Å²) in [5.41, 5.74) is 1.02. The molecule has 0 amide bonds. The second-order valence-electron chi connectivity index (χ2n) is 5.45. The summed E-state index contributed by atoms with van der Waals surface area (Å²) in [5.74, 6) is 0.847. The van der Waals surface area contributed by atoms with Gasteiger partial charge in [0.1, 0.15) is 6.26 Å². The topological polar surface area (TPSA) is 41.3 Å². The fraction of sp³-hybridized carbons (Fsp3) is 0.769. The van der Waals surface area contributed by atoms with Crippen LogP contribution in [0.15, 0.2) is 10.7 Å². The summed E-state index contributed by atoms with van der Waals surface area (Å²) in [6.45, 7) is 1.92. The number of hydrogen-bond donors (Lipinski definition) is 1. The third-order valence-electron chi connectivity index (χ3n) is 3.77. The van der Waals surface area contributed by atoms with E-state index in [1.807, 2.05) is 0 Å². The van der Waals surface area contributed by atoms with Crippen molar-refractivity contribution in [1.29, 1.82) is 0 Å². The maximum atomic E-state index is 5.52. The summed E-state index contributed by atoms with van der Waals surface area (Å²) in [5, 5.41) is 3.45. The lowest BCUT2D eigenvalue weighted by Gasteiger charge is -2.29. The highest BCUT2D eigenvalue weighted by Crippen LogP contribution is 2.28. The summed E-state index contributed by atoms with van der Waals surface area (Å²) in [4.78, 5) is 6.66. The number of anilines is 1. The molecule has 4 heteroatoms. The first-order chi connectivity index (χ1) is 8.31. The van der Waals surface area contributed by atoms with Gasteiger partial charge in [-0.2, -0.15) is 4.98 Å². The molecule has 1 aromatic heterocycles. The van der Waals surface area contributed by atoms with E-state index in [0.717, 1.165) is 36.8 Å². The van der Waals surface area contributed by atoms with Crippen LogP contribution in [-0.4, -0.2) is 24.6 Å². The smallest absolute Gasteiger partial charge is 0.297 e. The SMILES string of the molecule is CN(CC1CCC1)c1nc(CNC2CC2)co1. The van der Waals surface area contributed by atoms with Crippen molar-refractivity contribution in [2.75, 3.05) is 18.5 Å². The number of nitrogens with zero attached hydrogens (tertiary/aromatic N) is 2. The Hall–Kier alpha value is -1.03. The minimum Gasteiger partial charge on any atom is -0.432 e. The molecule has 0 spiro atoms. The zero-order chi connectivity index (χ0) is 11.7. The molecule has 0 saturated heterocycles. The minimum atomic E-state index is 0.725. The van der Waals surface area contributed by atoms with Crippen LogP contribution in [0.25, 0.3) is 0 Å². The molecule has 1 aromatic rings. The standard InChI is InChI=1S/C13H21N3O/c1-16(8-10-3-2-4-10)13-15-12(9-17-13)7-14-11-5-6-11/h9-11,14H,2-8H2,1H3. The summed E-state index contributed by atoms with van der Waals surface area (Å²) in [6, 6.07) is 1.49. The Morgan fingerprint density at radius 3 is 2.88 bits per heavy atom. The predicted molar refractivity (Wildman–Crippen MR) is 67.0 cm³/mol. The molecule has 0 atom stereocenters. The molecule has 2 aliphatic carbocycles. The van der Waals surface area contributed by atoms with Crippen molar-refractivity contribution in [1.82, 2.24) is 10.3 Å². The van der Waals surface area contributed by atoms with Crippen molar-refractivity contribution < 1.29 is 4.42 Å². The zero-order valence-electron chi connectivity index (χ0n) is 10.5. The molecule has 2 saturated carbocycles. The minimum absolute atomic E-state index is 0.725. The number of hydrogen-bond acceptors (Lipinski definition) is 4. The first-order valence-corrected chi connectivity index (χ1v) is 6.70. The van der Waals surface area contributed by atoms with E-state index in [-0.39, 0.29) is 0 Å². The summed E-state index contributed by atoms with van der Waals surface area (Å²) in [7, 11) is 2.07. The lowest BCUT2D eigenvalue weighted by Crippen LogP contribution is -2.29. The third-order valence-corrected chi connectivity index (χ3v) is 3.77. The highest BCUT2D eigenvalue weighted by atomic mass is 16.4. The van der Waals surface area contributed by atoms with Crippen LogP contribution in [0.1, 0.15) is 37.8 Å². The molecule has 1 heterocycles. The van der Waals surface area contributed by atoms with Crippen LogP contribution in [-0.2, 0) is 6.54 Å². The summed E-state index contributed by atoms with van der Waals surface area (Å²) >= 11 is 0. The molecule has 0 aliphatic heterocycles. The van der Waals surface area contributed by atoms with Crippen LogP contribution in [0.5, 0.6) is 0 Å². The van der Waals surface area contributed by atoms with Crippen molar-refractivity contribution >= 4 is 6.01 Å². The molecule has 4 nitrogen and oxygen atoms in total. The number of oxazole rings is 1. The number of nitrogens with one attached hydrogen (secondary N) is 1. The van der Waals surface area contributed by atoms with Gasteiger partial charge in [0.25, 0.3) is 6.01 Å². The lowest BCUT2D eigenvalue weighted by atomic mass is 9.85. The highest BCUT2D eigenvalue weighted by molar-refractivity contribution is 5.25. The normalized spacial score (nSPS) is 20.3. The quantitative estimate of drug-likeness (QED) is 0.820. The maximum Gasteiger partial charge on any atom is 0.297 e. The van der Waals surface area contributed by atoms with E-state index < -0.39 is 0 Å². The van der Waals surface area contributed by atoms with Gasteiger partial charge in [0, 0.05) is 26.2 Å². The Morgan fingerprint density at radius 2 is 2.24 bits per heavy atom. The molecule has 2 fully saturated rings. The third kappa shape index (κ3) is 2.80. The van der Waals surface area contributed by atoms with Crippen molar-refractivity contribution in [2.24, 2.45) is 5.92 Å². The molecule has 94 valence electrons. The Labute approximate surface area is 102 Å². The van der Waals surface area contributed by atoms with Gasteiger partial charge < -0.3 is 14.6 Å². The monoisotopic (exact) mass is 235 g/mol. The number of rotatable bonds is 6.